The Morgan fingerprint density at radius 2 is 1.80 bits per heavy atom. The third-order valence-electron chi connectivity index (χ3n) is 4.12. The summed E-state index contributed by atoms with van der Waals surface area (Å²) in [7, 11) is 1.58. The number of urea groups is 1. The average Bonchev–Trinajstić information content (AvgIpc) is 2.68. The highest BCUT2D eigenvalue weighted by molar-refractivity contribution is 5.89. The summed E-state index contributed by atoms with van der Waals surface area (Å²) in [5, 5.41) is 5.45. The van der Waals surface area contributed by atoms with Gasteiger partial charge in [0.05, 0.1) is 13.7 Å². The summed E-state index contributed by atoms with van der Waals surface area (Å²) >= 11 is 0. The zero-order valence-corrected chi connectivity index (χ0v) is 16.6. The number of alkyl halides is 4. The third kappa shape index (κ3) is 7.55. The van der Waals surface area contributed by atoms with E-state index in [9.17, 15) is 22.4 Å². The van der Waals surface area contributed by atoms with E-state index in [2.05, 4.69) is 15.4 Å². The SMILES string of the molecule is COc1cccc(CC(C)NC(=O)Nc2cccc(COCC(F)(F)C(F)F)c2)c1. The van der Waals surface area contributed by atoms with Gasteiger partial charge in [-0.3, -0.25) is 0 Å². The summed E-state index contributed by atoms with van der Waals surface area (Å²) in [5.74, 6) is -3.47. The molecule has 9 heteroatoms. The highest BCUT2D eigenvalue weighted by Gasteiger charge is 2.40. The van der Waals surface area contributed by atoms with Gasteiger partial charge in [0.1, 0.15) is 12.4 Å². The van der Waals surface area contributed by atoms with Crippen LogP contribution in [0, 0.1) is 0 Å². The lowest BCUT2D eigenvalue weighted by Gasteiger charge is -2.16. The second kappa shape index (κ2) is 10.8. The number of hydrogen-bond acceptors (Lipinski definition) is 3. The number of nitrogens with one attached hydrogen (secondary N) is 2. The van der Waals surface area contributed by atoms with Crippen molar-refractivity contribution in [2.75, 3.05) is 19.0 Å². The molecule has 0 saturated carbocycles. The molecule has 0 radical (unpaired) electrons. The van der Waals surface area contributed by atoms with Crippen LogP contribution in [0.2, 0.25) is 0 Å². The van der Waals surface area contributed by atoms with Crippen LogP contribution in [0.3, 0.4) is 0 Å². The fourth-order valence-electron chi connectivity index (χ4n) is 2.70. The van der Waals surface area contributed by atoms with Gasteiger partial charge in [-0.1, -0.05) is 24.3 Å². The Labute approximate surface area is 172 Å². The Bertz CT molecular complexity index is 833. The van der Waals surface area contributed by atoms with Gasteiger partial charge in [0.15, 0.2) is 0 Å². The molecule has 0 fully saturated rings. The Hall–Kier alpha value is -2.81. The topological polar surface area (TPSA) is 59.6 Å². The highest BCUT2D eigenvalue weighted by Crippen LogP contribution is 2.23. The first-order valence-corrected chi connectivity index (χ1v) is 9.22. The zero-order chi connectivity index (χ0) is 22.1. The summed E-state index contributed by atoms with van der Waals surface area (Å²) in [5.41, 5.74) is 1.88. The molecule has 0 spiro atoms. The van der Waals surface area contributed by atoms with E-state index in [0.717, 1.165) is 11.3 Å². The normalized spacial score (nSPS) is 12.5. The van der Waals surface area contributed by atoms with Crippen molar-refractivity contribution in [2.45, 2.75) is 38.3 Å². The number of amides is 2. The number of halogens is 4. The summed E-state index contributed by atoms with van der Waals surface area (Å²) < 4.78 is 59.9. The van der Waals surface area contributed by atoms with E-state index in [4.69, 9.17) is 4.74 Å². The molecule has 2 aromatic rings. The van der Waals surface area contributed by atoms with Gasteiger partial charge < -0.3 is 20.1 Å². The average molecular weight is 428 g/mol. The molecular weight excluding hydrogens is 404 g/mol. The van der Waals surface area contributed by atoms with E-state index in [0.29, 0.717) is 17.7 Å². The molecule has 0 saturated heterocycles. The first kappa shape index (κ1) is 23.5. The summed E-state index contributed by atoms with van der Waals surface area (Å²) in [4.78, 5) is 12.2. The van der Waals surface area contributed by atoms with Crippen LogP contribution in [0.15, 0.2) is 48.5 Å². The molecule has 2 amide bonds. The largest absolute Gasteiger partial charge is 0.497 e. The maximum Gasteiger partial charge on any atom is 0.330 e. The lowest BCUT2D eigenvalue weighted by molar-refractivity contribution is -0.168. The lowest BCUT2D eigenvalue weighted by atomic mass is 10.1. The Balaban J connectivity index is 1.84. The Kier molecular flexibility index (Phi) is 8.46. The number of hydrogen-bond donors (Lipinski definition) is 2. The molecule has 5 nitrogen and oxygen atoms in total. The smallest absolute Gasteiger partial charge is 0.330 e. The fraction of sp³-hybridized carbons (Fsp3) is 0.381. The maximum absolute atomic E-state index is 12.9. The number of rotatable bonds is 10. The van der Waals surface area contributed by atoms with Gasteiger partial charge in [-0.05, 0) is 48.7 Å². The molecule has 30 heavy (non-hydrogen) atoms. The number of methoxy groups -OCH3 is 1. The van der Waals surface area contributed by atoms with Crippen LogP contribution in [0.5, 0.6) is 5.75 Å². The van der Waals surface area contributed by atoms with Crippen LogP contribution in [-0.2, 0) is 17.8 Å². The molecular formula is C21H24F4N2O3. The Morgan fingerprint density at radius 3 is 2.50 bits per heavy atom. The Morgan fingerprint density at radius 1 is 1.10 bits per heavy atom. The van der Waals surface area contributed by atoms with Crippen molar-refractivity contribution in [3.05, 3.63) is 59.7 Å². The van der Waals surface area contributed by atoms with Gasteiger partial charge in [-0.25, -0.2) is 13.6 Å². The van der Waals surface area contributed by atoms with Crippen LogP contribution >= 0.6 is 0 Å². The van der Waals surface area contributed by atoms with Gasteiger partial charge in [0, 0.05) is 11.7 Å². The van der Waals surface area contributed by atoms with E-state index in [1.165, 1.54) is 6.07 Å². The molecule has 164 valence electrons. The monoisotopic (exact) mass is 428 g/mol. The van der Waals surface area contributed by atoms with Crippen LogP contribution < -0.4 is 15.4 Å². The molecule has 1 atom stereocenters. The van der Waals surface area contributed by atoms with Gasteiger partial charge in [0.2, 0.25) is 0 Å². The standard InChI is InChI=1S/C21H24F4N2O3/c1-14(9-15-5-4-8-18(11-15)29-2)26-20(28)27-17-7-3-6-16(10-17)12-30-13-21(24,25)19(22)23/h3-8,10-11,14,19H,9,12-13H2,1-2H3,(H2,26,27,28). The van der Waals surface area contributed by atoms with Gasteiger partial charge >= 0.3 is 18.4 Å². The first-order chi connectivity index (χ1) is 14.2. The third-order valence-corrected chi connectivity index (χ3v) is 4.12. The maximum atomic E-state index is 12.9. The second-order valence-corrected chi connectivity index (χ2v) is 6.81. The summed E-state index contributed by atoms with van der Waals surface area (Å²) in [6.07, 6.45) is -3.19. The number of carbonyl (C=O) groups excluding carboxylic acids is 1. The molecule has 2 N–H and O–H groups in total. The number of carbonyl (C=O) groups is 1. The predicted octanol–water partition coefficient (Wildman–Crippen LogP) is 4.86. The van der Waals surface area contributed by atoms with E-state index >= 15 is 0 Å². The minimum atomic E-state index is -4.20. The molecule has 2 rings (SSSR count). The first-order valence-electron chi connectivity index (χ1n) is 9.22. The van der Waals surface area contributed by atoms with Crippen molar-refractivity contribution in [3.63, 3.8) is 0 Å². The van der Waals surface area contributed by atoms with E-state index in [1.54, 1.807) is 25.3 Å². The number of anilines is 1. The van der Waals surface area contributed by atoms with Crippen molar-refractivity contribution in [3.8, 4) is 5.75 Å². The van der Waals surface area contributed by atoms with Gasteiger partial charge in [-0.2, -0.15) is 8.78 Å². The number of ether oxygens (including phenoxy) is 2. The summed E-state index contributed by atoms with van der Waals surface area (Å²) in [6, 6.07) is 13.2. The lowest BCUT2D eigenvalue weighted by Crippen LogP contribution is -2.37. The second-order valence-electron chi connectivity index (χ2n) is 6.81. The van der Waals surface area contributed by atoms with E-state index in [1.807, 2.05) is 31.2 Å². The zero-order valence-electron chi connectivity index (χ0n) is 16.6. The molecule has 0 bridgehead atoms. The molecule has 0 aliphatic rings. The van der Waals surface area contributed by atoms with Crippen LogP contribution in [-0.4, -0.2) is 38.1 Å². The molecule has 2 aromatic carbocycles. The van der Waals surface area contributed by atoms with Crippen molar-refractivity contribution >= 4 is 11.7 Å². The van der Waals surface area contributed by atoms with Gasteiger partial charge in [0.25, 0.3) is 0 Å². The minimum absolute atomic E-state index is 0.166. The molecule has 0 aliphatic heterocycles. The van der Waals surface area contributed by atoms with Crippen molar-refractivity contribution in [2.24, 2.45) is 0 Å². The quantitative estimate of drug-likeness (QED) is 0.531. The van der Waals surface area contributed by atoms with Crippen molar-refractivity contribution in [1.82, 2.24) is 5.32 Å². The van der Waals surface area contributed by atoms with E-state index in [-0.39, 0.29) is 12.6 Å². The van der Waals surface area contributed by atoms with Crippen molar-refractivity contribution < 1.29 is 31.8 Å². The van der Waals surface area contributed by atoms with Crippen LogP contribution in [0.25, 0.3) is 0 Å². The van der Waals surface area contributed by atoms with Crippen LogP contribution in [0.4, 0.5) is 28.0 Å². The fourth-order valence-corrected chi connectivity index (χ4v) is 2.70. The molecule has 0 aliphatic carbocycles. The van der Waals surface area contributed by atoms with Gasteiger partial charge in [-0.15, -0.1) is 0 Å². The summed E-state index contributed by atoms with van der Waals surface area (Å²) in [6.45, 7) is 0.183. The minimum Gasteiger partial charge on any atom is -0.497 e. The van der Waals surface area contributed by atoms with E-state index < -0.39 is 25.0 Å². The van der Waals surface area contributed by atoms with Crippen molar-refractivity contribution in [1.29, 1.82) is 0 Å². The van der Waals surface area contributed by atoms with Crippen LogP contribution in [0.1, 0.15) is 18.1 Å². The molecule has 0 heterocycles. The predicted molar refractivity (Wildman–Crippen MR) is 105 cm³/mol. The highest BCUT2D eigenvalue weighted by atomic mass is 19.3. The molecule has 1 unspecified atom stereocenters. The molecule has 0 aromatic heterocycles. The number of benzene rings is 2.